The molecule has 148 valence electrons. The van der Waals surface area contributed by atoms with Crippen LogP contribution in [0, 0.1) is 0 Å². The lowest BCUT2D eigenvalue weighted by Crippen LogP contribution is -2.47. The van der Waals surface area contributed by atoms with Gasteiger partial charge in [0.05, 0.1) is 22.1 Å². The van der Waals surface area contributed by atoms with E-state index in [2.05, 4.69) is 20.1 Å². The zero-order chi connectivity index (χ0) is 19.7. The number of nitrogens with two attached hydrogens (primary N) is 1. The van der Waals surface area contributed by atoms with E-state index in [0.29, 0.717) is 33.7 Å². The summed E-state index contributed by atoms with van der Waals surface area (Å²) in [5, 5.41) is 8.54. The molecule has 2 saturated heterocycles. The largest absolute Gasteiger partial charge is 0.349 e. The molecule has 1 aromatic carbocycles. The molecule has 0 aliphatic carbocycles. The number of piperidine rings is 1. The van der Waals surface area contributed by atoms with Crippen LogP contribution in [0.25, 0.3) is 33.2 Å². The predicted octanol–water partition coefficient (Wildman–Crippen LogP) is 4.27. The van der Waals surface area contributed by atoms with Crippen molar-refractivity contribution < 1.29 is 0 Å². The number of anilines is 1. The van der Waals surface area contributed by atoms with Crippen molar-refractivity contribution in [1.29, 1.82) is 0 Å². The molecule has 6 rings (SSSR count). The third kappa shape index (κ3) is 2.57. The molecule has 3 atom stereocenters. The molecular formula is C20H19Cl2N7. The van der Waals surface area contributed by atoms with Crippen LogP contribution in [0.1, 0.15) is 25.7 Å². The van der Waals surface area contributed by atoms with Gasteiger partial charge in [0.25, 0.3) is 0 Å². The van der Waals surface area contributed by atoms with E-state index in [1.165, 1.54) is 12.8 Å². The summed E-state index contributed by atoms with van der Waals surface area (Å²) in [4.78, 5) is 15.3. The van der Waals surface area contributed by atoms with Gasteiger partial charge in [-0.2, -0.15) is 5.10 Å². The maximum atomic E-state index is 6.67. The average Bonchev–Trinajstić information content (AvgIpc) is 3.37. The highest BCUT2D eigenvalue weighted by atomic mass is 35.5. The summed E-state index contributed by atoms with van der Waals surface area (Å²) in [6.07, 6.45) is 8.17. The van der Waals surface area contributed by atoms with Crippen molar-refractivity contribution >= 4 is 51.1 Å². The molecule has 9 heteroatoms. The number of nitrogens with one attached hydrogen (secondary N) is 2. The fourth-order valence-electron chi connectivity index (χ4n) is 5.05. The van der Waals surface area contributed by atoms with E-state index in [-0.39, 0.29) is 0 Å². The number of nitrogens with zero attached hydrogens (tertiary/aromatic N) is 4. The smallest absolute Gasteiger partial charge is 0.160 e. The number of H-pyrrole nitrogens is 2. The molecule has 0 radical (unpaired) electrons. The Labute approximate surface area is 176 Å². The number of rotatable bonds is 2. The third-order valence-electron chi connectivity index (χ3n) is 6.32. The van der Waals surface area contributed by atoms with E-state index in [1.54, 1.807) is 0 Å². The lowest BCUT2D eigenvalue weighted by atomic mass is 9.98. The van der Waals surface area contributed by atoms with Crippen LogP contribution in [0.15, 0.2) is 24.5 Å². The van der Waals surface area contributed by atoms with E-state index >= 15 is 0 Å². The summed E-state index contributed by atoms with van der Waals surface area (Å²) in [7, 11) is 0. The van der Waals surface area contributed by atoms with E-state index in [4.69, 9.17) is 38.9 Å². The minimum atomic E-state index is 0.296. The summed E-state index contributed by atoms with van der Waals surface area (Å²) in [6.45, 7) is 0. The predicted molar refractivity (Wildman–Crippen MR) is 115 cm³/mol. The lowest BCUT2D eigenvalue weighted by Gasteiger charge is -2.38. The number of halogens is 2. The van der Waals surface area contributed by atoms with Crippen molar-refractivity contribution in [3.8, 4) is 11.1 Å². The topological polar surface area (TPSA) is 99.5 Å². The van der Waals surface area contributed by atoms with Crippen molar-refractivity contribution in [1.82, 2.24) is 25.1 Å². The highest BCUT2D eigenvalue weighted by Gasteiger charge is 2.40. The van der Waals surface area contributed by atoms with Crippen molar-refractivity contribution in [2.24, 2.45) is 5.73 Å². The molecule has 3 aromatic heterocycles. The molecule has 0 saturated carbocycles. The Hall–Kier alpha value is -2.35. The number of fused-ring (bicyclic) bond motifs is 4. The zero-order valence-corrected chi connectivity index (χ0v) is 17.0. The molecule has 5 heterocycles. The van der Waals surface area contributed by atoms with Crippen LogP contribution in [0.5, 0.6) is 0 Å². The van der Waals surface area contributed by atoms with Gasteiger partial charge in [0, 0.05) is 35.4 Å². The molecule has 2 aliphatic heterocycles. The molecule has 0 amide bonds. The number of hydrogen-bond acceptors (Lipinski definition) is 5. The van der Waals surface area contributed by atoms with Gasteiger partial charge in [0.1, 0.15) is 11.3 Å². The molecule has 2 fully saturated rings. The molecule has 29 heavy (non-hydrogen) atoms. The number of aromatic amines is 2. The van der Waals surface area contributed by atoms with E-state index in [0.717, 1.165) is 46.5 Å². The van der Waals surface area contributed by atoms with Crippen LogP contribution >= 0.6 is 23.2 Å². The van der Waals surface area contributed by atoms with Crippen LogP contribution in [-0.4, -0.2) is 43.3 Å². The second-order valence-electron chi connectivity index (χ2n) is 8.02. The van der Waals surface area contributed by atoms with Gasteiger partial charge in [-0.25, -0.2) is 9.97 Å². The first-order valence-corrected chi connectivity index (χ1v) is 10.6. The molecule has 4 aromatic rings. The van der Waals surface area contributed by atoms with Crippen LogP contribution in [0.3, 0.4) is 0 Å². The van der Waals surface area contributed by atoms with Gasteiger partial charge in [-0.1, -0.05) is 29.3 Å². The Bertz CT molecular complexity index is 1230. The van der Waals surface area contributed by atoms with Gasteiger partial charge >= 0.3 is 0 Å². The van der Waals surface area contributed by atoms with Crippen molar-refractivity contribution in [2.75, 3.05) is 4.90 Å². The van der Waals surface area contributed by atoms with Gasteiger partial charge in [0.15, 0.2) is 10.8 Å². The fourth-order valence-corrected chi connectivity index (χ4v) is 5.70. The second kappa shape index (κ2) is 6.32. The molecule has 0 spiro atoms. The zero-order valence-electron chi connectivity index (χ0n) is 15.5. The Kier molecular flexibility index (Phi) is 3.82. The number of benzene rings is 1. The Balaban J connectivity index is 1.43. The summed E-state index contributed by atoms with van der Waals surface area (Å²) in [6, 6.07) is 5.09. The lowest BCUT2D eigenvalue weighted by molar-refractivity contribution is 0.412. The quantitative estimate of drug-likeness (QED) is 0.443. The molecule has 2 aliphatic rings. The molecule has 7 nitrogen and oxygen atoms in total. The van der Waals surface area contributed by atoms with Crippen LogP contribution in [0.4, 0.5) is 5.82 Å². The second-order valence-corrected chi connectivity index (χ2v) is 8.75. The monoisotopic (exact) mass is 427 g/mol. The molecular weight excluding hydrogens is 409 g/mol. The highest BCUT2D eigenvalue weighted by molar-refractivity contribution is 6.43. The van der Waals surface area contributed by atoms with Gasteiger partial charge in [-0.15, -0.1) is 0 Å². The average molecular weight is 428 g/mol. The molecule has 2 bridgehead atoms. The van der Waals surface area contributed by atoms with Gasteiger partial charge in [0.2, 0.25) is 0 Å². The van der Waals surface area contributed by atoms with Crippen molar-refractivity contribution in [3.63, 3.8) is 0 Å². The summed E-state index contributed by atoms with van der Waals surface area (Å²) >= 11 is 12.9. The standard InChI is InChI=1S/C20H19Cl2N7/c21-17-12(3-4-14-16(17)19(22)28-27-14)13-7-25-20-18(13)24-8-15(26-20)29-10-1-2-11(29)6-9(23)5-10/h3-4,7-11H,1-2,5-6,23H2,(H,25,26)(H,27,28)/t9-,10+,11-. The fraction of sp³-hybridized carbons (Fsp3) is 0.350. The van der Waals surface area contributed by atoms with E-state index in [1.807, 2.05) is 24.5 Å². The van der Waals surface area contributed by atoms with Gasteiger partial charge in [-0.3, -0.25) is 5.10 Å². The minimum Gasteiger partial charge on any atom is -0.349 e. The van der Waals surface area contributed by atoms with Crippen molar-refractivity contribution in [3.05, 3.63) is 34.7 Å². The highest BCUT2D eigenvalue weighted by Crippen LogP contribution is 2.41. The van der Waals surface area contributed by atoms with Gasteiger partial charge < -0.3 is 15.6 Å². The minimum absolute atomic E-state index is 0.296. The normalized spacial score (nSPS) is 24.1. The Morgan fingerprint density at radius 1 is 1.10 bits per heavy atom. The molecule has 0 unspecified atom stereocenters. The van der Waals surface area contributed by atoms with Crippen LogP contribution in [-0.2, 0) is 0 Å². The first-order valence-electron chi connectivity index (χ1n) is 9.80. The maximum absolute atomic E-state index is 6.67. The summed E-state index contributed by atoms with van der Waals surface area (Å²) in [5.41, 5.74) is 10.3. The Morgan fingerprint density at radius 3 is 2.69 bits per heavy atom. The van der Waals surface area contributed by atoms with E-state index < -0.39 is 0 Å². The van der Waals surface area contributed by atoms with Gasteiger partial charge in [-0.05, 0) is 31.7 Å². The van der Waals surface area contributed by atoms with E-state index in [9.17, 15) is 0 Å². The summed E-state index contributed by atoms with van der Waals surface area (Å²) < 4.78 is 0. The summed E-state index contributed by atoms with van der Waals surface area (Å²) in [5.74, 6) is 0.921. The SMILES string of the molecule is N[C@H]1C[C@H]2CC[C@@H](C1)N2c1cnc2c(-c3ccc4[nH]nc(Cl)c4c3Cl)c[nH]c2n1. The third-order valence-corrected chi connectivity index (χ3v) is 6.98. The molecule has 4 N–H and O–H groups in total. The van der Waals surface area contributed by atoms with Crippen LogP contribution < -0.4 is 10.6 Å². The first-order chi connectivity index (χ1) is 14.1. The number of aromatic nitrogens is 5. The van der Waals surface area contributed by atoms with Crippen molar-refractivity contribution in [2.45, 2.75) is 43.8 Å². The maximum Gasteiger partial charge on any atom is 0.160 e. The first kappa shape index (κ1) is 17.5. The number of hydrogen-bond donors (Lipinski definition) is 3. The Morgan fingerprint density at radius 2 is 1.90 bits per heavy atom. The van der Waals surface area contributed by atoms with Crippen LogP contribution in [0.2, 0.25) is 10.2 Å².